The number of carbonyl (C=O) groups excluding carboxylic acids is 1. The summed E-state index contributed by atoms with van der Waals surface area (Å²) < 4.78 is 82.9. The molecule has 0 saturated carbocycles. The number of sulfonamides is 2. The Morgan fingerprint density at radius 1 is 0.776 bits per heavy atom. The molecule has 0 aliphatic carbocycles. The molecule has 1 unspecified atom stereocenters. The van der Waals surface area contributed by atoms with E-state index < -0.39 is 74.1 Å². The van der Waals surface area contributed by atoms with Gasteiger partial charge in [-0.1, -0.05) is 39.8 Å². The van der Waals surface area contributed by atoms with E-state index >= 15 is 0 Å². The number of aliphatic carboxylic acids is 1. The van der Waals surface area contributed by atoms with Crippen molar-refractivity contribution in [1.82, 2.24) is 19.9 Å². The Hall–Kier alpha value is -3.95. The number of aromatic nitrogens is 4. The van der Waals surface area contributed by atoms with E-state index in [-0.39, 0.29) is 82.0 Å². The van der Waals surface area contributed by atoms with Crippen LogP contribution in [0.1, 0.15) is 81.0 Å². The zero-order valence-electron chi connectivity index (χ0n) is 33.3. The van der Waals surface area contributed by atoms with Gasteiger partial charge in [-0.05, 0) is 60.4 Å². The van der Waals surface area contributed by atoms with Crippen molar-refractivity contribution in [2.75, 3.05) is 34.7 Å². The van der Waals surface area contributed by atoms with Crippen molar-refractivity contribution in [3.05, 3.63) is 88.8 Å². The number of carboxylic acid groups (broad SMARTS) is 1. The van der Waals surface area contributed by atoms with Crippen LogP contribution >= 0.6 is 0 Å². The van der Waals surface area contributed by atoms with E-state index in [0.29, 0.717) is 16.8 Å². The summed E-state index contributed by atoms with van der Waals surface area (Å²) in [5.41, 5.74) is 1.46. The quantitative estimate of drug-likeness (QED) is 0.122. The topological polar surface area (TPSA) is 227 Å². The van der Waals surface area contributed by atoms with Gasteiger partial charge in [0.25, 0.3) is 0 Å². The maximum atomic E-state index is 14.2. The molecule has 4 aromatic rings. The van der Waals surface area contributed by atoms with E-state index in [9.17, 15) is 50.8 Å². The number of halogens is 2. The van der Waals surface area contributed by atoms with Crippen molar-refractivity contribution >= 4 is 44.0 Å². The van der Waals surface area contributed by atoms with Crippen molar-refractivity contribution < 1.29 is 80.4 Å². The number of carbonyl (C=O) groups is 1. The predicted molar refractivity (Wildman–Crippen MR) is 209 cm³/mol. The maximum absolute atomic E-state index is 14.2. The van der Waals surface area contributed by atoms with Crippen molar-refractivity contribution in [1.29, 1.82) is 0 Å². The molecule has 0 aliphatic rings. The molecule has 0 spiro atoms. The standard InChI is InChI=1S/C38H46F2N6O9S2.Na/c1-21(2)33-29(17-16-27(47)18-28(48)19-31(50)51)35(23-8-12-25(39)13-9-23)43-38(41-33)46(6)57(54,55)20-30(49)32-34(22(3)4)42-37(45(5)56(7,52)53)44-36(32)24-10-14-26(40)15-11-24;/h8-17,21-22,27-28,30,47-49H,18-20H2,1-7H3,(H,50,51);/q;+1/p-1/b17-16+;/t27-,28-,30?;/m1./s1. The van der Waals surface area contributed by atoms with Crippen LogP contribution in [0.15, 0.2) is 54.6 Å². The van der Waals surface area contributed by atoms with Gasteiger partial charge in [0.15, 0.2) is 0 Å². The predicted octanol–water partition coefficient (Wildman–Crippen LogP) is 0.290. The van der Waals surface area contributed by atoms with Crippen molar-refractivity contribution in [2.45, 2.75) is 70.7 Å². The summed E-state index contributed by atoms with van der Waals surface area (Å²) in [7, 11) is -5.98. The molecule has 0 saturated heterocycles. The van der Waals surface area contributed by atoms with Gasteiger partial charge in [0.1, 0.15) is 11.6 Å². The molecule has 2 aromatic heterocycles. The fraction of sp³-hybridized carbons (Fsp3) is 0.395. The fourth-order valence-electron chi connectivity index (χ4n) is 5.77. The second kappa shape index (κ2) is 19.9. The SMILES string of the molecule is CC(C)c1nc(N(C)S(=O)(=O)CC(O)c2c(-c3ccc(F)cc3)nc(N(C)S(C)(=O)=O)nc2C(C)C)nc(-c2ccc(F)cc2)c1/C=C/[C@@H](O)C[C@@H](O)CC(=O)[O-].[Na+]. The first kappa shape index (κ1) is 48.4. The smallest absolute Gasteiger partial charge is 0.550 e. The summed E-state index contributed by atoms with van der Waals surface area (Å²) in [5, 5.41) is 43.2. The van der Waals surface area contributed by atoms with Crippen molar-refractivity contribution in [2.24, 2.45) is 0 Å². The Morgan fingerprint density at radius 3 is 1.72 bits per heavy atom. The average molecular weight is 855 g/mol. The minimum absolute atomic E-state index is 0. The largest absolute Gasteiger partial charge is 1.00 e. The second-order valence-corrected chi connectivity index (χ2v) is 18.1. The second-order valence-electron chi connectivity index (χ2n) is 14.0. The molecule has 3 N–H and O–H groups in total. The Kier molecular flexibility index (Phi) is 16.6. The molecule has 0 bridgehead atoms. The number of nitrogens with zero attached hydrogens (tertiary/aromatic N) is 6. The molecule has 0 fully saturated rings. The Balaban J connectivity index is 0.00000900. The van der Waals surface area contributed by atoms with E-state index in [0.717, 1.165) is 27.0 Å². The number of aliphatic hydroxyl groups excluding tert-OH is 3. The van der Waals surface area contributed by atoms with Gasteiger partial charge in [0, 0.05) is 55.2 Å². The van der Waals surface area contributed by atoms with Crippen molar-refractivity contribution in [3.63, 3.8) is 0 Å². The molecule has 20 heteroatoms. The number of aliphatic hydroxyl groups is 3. The minimum atomic E-state index is -4.53. The summed E-state index contributed by atoms with van der Waals surface area (Å²) in [6, 6.07) is 10.1. The van der Waals surface area contributed by atoms with Gasteiger partial charge in [-0.25, -0.2) is 54.2 Å². The molecular formula is C38H45F2N6NaO9S2. The molecule has 308 valence electrons. The first-order valence-electron chi connectivity index (χ1n) is 17.7. The maximum Gasteiger partial charge on any atom is 1.00 e. The third-order valence-electron chi connectivity index (χ3n) is 8.84. The molecule has 58 heavy (non-hydrogen) atoms. The molecule has 4 rings (SSSR count). The number of carboxylic acids is 1. The molecular weight excluding hydrogens is 810 g/mol. The van der Waals surface area contributed by atoms with Crippen LogP contribution in [0.3, 0.4) is 0 Å². The van der Waals surface area contributed by atoms with Gasteiger partial charge < -0.3 is 25.2 Å². The number of benzene rings is 2. The Morgan fingerprint density at radius 2 is 1.24 bits per heavy atom. The summed E-state index contributed by atoms with van der Waals surface area (Å²) >= 11 is 0. The number of rotatable bonds is 17. The molecule has 2 heterocycles. The van der Waals surface area contributed by atoms with E-state index in [1.165, 1.54) is 62.6 Å². The van der Waals surface area contributed by atoms with Crippen LogP contribution in [0, 0.1) is 11.6 Å². The third kappa shape index (κ3) is 12.1. The molecule has 0 radical (unpaired) electrons. The normalized spacial score (nSPS) is 13.7. The van der Waals surface area contributed by atoms with Crippen LogP contribution in [0.5, 0.6) is 0 Å². The number of hydrogen-bond acceptors (Lipinski definition) is 13. The van der Waals surface area contributed by atoms with Crippen LogP contribution in [-0.2, 0) is 24.8 Å². The van der Waals surface area contributed by atoms with E-state index in [1.54, 1.807) is 27.7 Å². The fourth-order valence-corrected chi connectivity index (χ4v) is 7.27. The zero-order chi connectivity index (χ0) is 42.6. The summed E-state index contributed by atoms with van der Waals surface area (Å²) in [4.78, 5) is 28.8. The Labute approximate surface area is 358 Å². The van der Waals surface area contributed by atoms with Gasteiger partial charge in [0.05, 0.1) is 53.1 Å². The van der Waals surface area contributed by atoms with Crippen LogP contribution in [0.4, 0.5) is 20.7 Å². The first-order valence-corrected chi connectivity index (χ1v) is 21.1. The Bertz CT molecular complexity index is 2340. The molecule has 0 amide bonds. The molecule has 2 aromatic carbocycles. The van der Waals surface area contributed by atoms with Crippen LogP contribution in [0.25, 0.3) is 28.6 Å². The van der Waals surface area contributed by atoms with Gasteiger partial charge in [0.2, 0.25) is 31.9 Å². The van der Waals surface area contributed by atoms with Crippen LogP contribution in [-0.4, -0.2) is 96.4 Å². The minimum Gasteiger partial charge on any atom is -0.550 e. The van der Waals surface area contributed by atoms with Gasteiger partial charge >= 0.3 is 29.6 Å². The molecule has 15 nitrogen and oxygen atoms in total. The molecule has 3 atom stereocenters. The number of hydrogen-bond donors (Lipinski definition) is 3. The van der Waals surface area contributed by atoms with Crippen LogP contribution < -0.4 is 43.3 Å². The van der Waals surface area contributed by atoms with E-state index in [4.69, 9.17) is 0 Å². The van der Waals surface area contributed by atoms with E-state index in [2.05, 4.69) is 19.9 Å². The zero-order valence-corrected chi connectivity index (χ0v) is 37.0. The van der Waals surface area contributed by atoms with Gasteiger partial charge in [-0.2, -0.15) is 0 Å². The molecule has 0 aliphatic heterocycles. The average Bonchev–Trinajstić information content (AvgIpc) is 3.12. The van der Waals surface area contributed by atoms with Crippen LogP contribution in [0.2, 0.25) is 0 Å². The monoisotopic (exact) mass is 854 g/mol. The number of anilines is 2. The van der Waals surface area contributed by atoms with Crippen molar-refractivity contribution in [3.8, 4) is 22.5 Å². The summed E-state index contributed by atoms with van der Waals surface area (Å²) in [6.45, 7) is 6.96. The summed E-state index contributed by atoms with van der Waals surface area (Å²) in [5.74, 6) is -5.05. The summed E-state index contributed by atoms with van der Waals surface area (Å²) in [6.07, 6.45) is -1.87. The van der Waals surface area contributed by atoms with E-state index in [1.807, 2.05) is 0 Å². The van der Waals surface area contributed by atoms with Gasteiger partial charge in [-0.3, -0.25) is 0 Å². The third-order valence-corrected chi connectivity index (χ3v) is 11.7. The first-order chi connectivity index (χ1) is 26.5. The van der Waals surface area contributed by atoms with Gasteiger partial charge in [-0.15, -0.1) is 0 Å².